The first-order valence-corrected chi connectivity index (χ1v) is 8.64. The van der Waals surface area contributed by atoms with E-state index in [1.807, 2.05) is 32.9 Å². The molecule has 1 aliphatic rings. The minimum absolute atomic E-state index is 0.0209. The van der Waals surface area contributed by atoms with Gasteiger partial charge in [0.2, 0.25) is 5.91 Å². The van der Waals surface area contributed by atoms with Crippen molar-refractivity contribution < 1.29 is 14.3 Å². The van der Waals surface area contributed by atoms with Gasteiger partial charge in [-0.3, -0.25) is 4.79 Å². The zero-order valence-electron chi connectivity index (χ0n) is 14.8. The molecule has 1 aromatic rings. The van der Waals surface area contributed by atoms with Crippen LogP contribution in [0.3, 0.4) is 0 Å². The molecule has 0 bridgehead atoms. The van der Waals surface area contributed by atoms with Crippen LogP contribution in [0.4, 0.5) is 0 Å². The number of ether oxygens (including phenoxy) is 2. The van der Waals surface area contributed by atoms with Crippen molar-refractivity contribution in [3.63, 3.8) is 0 Å². The van der Waals surface area contributed by atoms with Crippen molar-refractivity contribution in [3.05, 3.63) is 29.3 Å². The molecule has 1 aliphatic carbocycles. The number of carbonyl (C=O) groups is 1. The SMILES string of the molecule is CCOC1CC(N)(C(=O)N(C)CCOc2cccc(Cl)c2)C1(C)C. The van der Waals surface area contributed by atoms with E-state index in [1.165, 1.54) is 0 Å². The second-order valence-electron chi connectivity index (χ2n) is 6.87. The van der Waals surface area contributed by atoms with E-state index in [0.717, 1.165) is 0 Å². The van der Waals surface area contributed by atoms with Gasteiger partial charge in [0.25, 0.3) is 0 Å². The summed E-state index contributed by atoms with van der Waals surface area (Å²) in [5.41, 5.74) is 5.14. The molecular formula is C18H27ClN2O3. The van der Waals surface area contributed by atoms with E-state index in [2.05, 4.69) is 0 Å². The molecule has 1 saturated carbocycles. The lowest BCUT2D eigenvalue weighted by Crippen LogP contribution is -2.75. The highest BCUT2D eigenvalue weighted by Gasteiger charge is 2.63. The third-order valence-electron chi connectivity index (χ3n) is 5.05. The van der Waals surface area contributed by atoms with Crippen LogP contribution in [0.1, 0.15) is 27.2 Å². The largest absolute Gasteiger partial charge is 0.492 e. The van der Waals surface area contributed by atoms with Crippen molar-refractivity contribution in [1.82, 2.24) is 4.90 Å². The van der Waals surface area contributed by atoms with Gasteiger partial charge >= 0.3 is 0 Å². The molecule has 0 radical (unpaired) electrons. The molecule has 0 saturated heterocycles. The van der Waals surface area contributed by atoms with Gasteiger partial charge in [0.1, 0.15) is 17.9 Å². The number of likely N-dealkylation sites (N-methyl/N-ethyl adjacent to an activating group) is 1. The van der Waals surface area contributed by atoms with Gasteiger partial charge in [0, 0.05) is 30.5 Å². The lowest BCUT2D eigenvalue weighted by atomic mass is 9.54. The Kier molecular flexibility index (Phi) is 5.78. The molecule has 0 spiro atoms. The highest BCUT2D eigenvalue weighted by Crippen LogP contribution is 2.50. The van der Waals surface area contributed by atoms with E-state index in [9.17, 15) is 4.79 Å². The summed E-state index contributed by atoms with van der Waals surface area (Å²) in [4.78, 5) is 14.4. The van der Waals surface area contributed by atoms with Crippen molar-refractivity contribution in [2.45, 2.75) is 38.8 Å². The lowest BCUT2D eigenvalue weighted by molar-refractivity contribution is -0.178. The maximum Gasteiger partial charge on any atom is 0.243 e. The Labute approximate surface area is 149 Å². The molecule has 0 aromatic heterocycles. The molecule has 0 heterocycles. The highest BCUT2D eigenvalue weighted by atomic mass is 35.5. The molecule has 2 unspecified atom stereocenters. The summed E-state index contributed by atoms with van der Waals surface area (Å²) < 4.78 is 11.3. The van der Waals surface area contributed by atoms with Crippen LogP contribution in [0.15, 0.2) is 24.3 Å². The molecule has 1 aromatic carbocycles. The number of carbonyl (C=O) groups excluding carboxylic acids is 1. The Morgan fingerprint density at radius 2 is 2.17 bits per heavy atom. The van der Waals surface area contributed by atoms with Gasteiger partial charge in [-0.2, -0.15) is 0 Å². The Balaban J connectivity index is 1.88. The van der Waals surface area contributed by atoms with Crippen LogP contribution in [0.25, 0.3) is 0 Å². The minimum Gasteiger partial charge on any atom is -0.492 e. The number of nitrogens with two attached hydrogens (primary N) is 1. The summed E-state index contributed by atoms with van der Waals surface area (Å²) in [7, 11) is 1.75. The predicted octanol–water partition coefficient (Wildman–Crippen LogP) is 2.71. The Morgan fingerprint density at radius 3 is 2.75 bits per heavy atom. The van der Waals surface area contributed by atoms with E-state index >= 15 is 0 Å². The fourth-order valence-electron chi connectivity index (χ4n) is 3.10. The number of hydrogen-bond acceptors (Lipinski definition) is 4. The normalized spacial score (nSPS) is 25.0. The minimum atomic E-state index is -0.891. The van der Waals surface area contributed by atoms with E-state index in [1.54, 1.807) is 24.1 Å². The third-order valence-corrected chi connectivity index (χ3v) is 5.28. The smallest absolute Gasteiger partial charge is 0.243 e. The number of benzene rings is 1. The Morgan fingerprint density at radius 1 is 1.46 bits per heavy atom. The summed E-state index contributed by atoms with van der Waals surface area (Å²) in [6, 6.07) is 7.19. The first-order chi connectivity index (χ1) is 11.2. The van der Waals surface area contributed by atoms with E-state index in [-0.39, 0.29) is 17.4 Å². The van der Waals surface area contributed by atoms with Gasteiger partial charge in [0.05, 0.1) is 12.6 Å². The summed E-state index contributed by atoms with van der Waals surface area (Å²) in [6.45, 7) is 7.40. The van der Waals surface area contributed by atoms with E-state index in [0.29, 0.717) is 37.0 Å². The maximum atomic E-state index is 12.8. The number of amides is 1. The zero-order valence-corrected chi connectivity index (χ0v) is 15.6. The topological polar surface area (TPSA) is 64.8 Å². The molecule has 1 fully saturated rings. The van der Waals surface area contributed by atoms with Crippen LogP contribution in [0.2, 0.25) is 5.02 Å². The van der Waals surface area contributed by atoms with Gasteiger partial charge in [0.15, 0.2) is 0 Å². The lowest BCUT2D eigenvalue weighted by Gasteiger charge is -2.58. The number of halogens is 1. The van der Waals surface area contributed by atoms with E-state index in [4.69, 9.17) is 26.8 Å². The van der Waals surface area contributed by atoms with Gasteiger partial charge in [-0.05, 0) is 25.1 Å². The fourth-order valence-corrected chi connectivity index (χ4v) is 3.28. The Bertz CT molecular complexity index is 593. The molecule has 2 rings (SSSR count). The molecule has 1 amide bonds. The fraction of sp³-hybridized carbons (Fsp3) is 0.611. The second-order valence-corrected chi connectivity index (χ2v) is 7.31. The summed E-state index contributed by atoms with van der Waals surface area (Å²) >= 11 is 5.92. The number of hydrogen-bond donors (Lipinski definition) is 1. The van der Waals surface area contributed by atoms with Crippen LogP contribution in [-0.2, 0) is 9.53 Å². The van der Waals surface area contributed by atoms with Crippen molar-refractivity contribution in [3.8, 4) is 5.75 Å². The molecule has 6 heteroatoms. The van der Waals surface area contributed by atoms with Crippen LogP contribution >= 0.6 is 11.6 Å². The average molecular weight is 355 g/mol. The quantitative estimate of drug-likeness (QED) is 0.817. The van der Waals surface area contributed by atoms with Gasteiger partial charge < -0.3 is 20.1 Å². The molecular weight excluding hydrogens is 328 g/mol. The van der Waals surface area contributed by atoms with Crippen molar-refractivity contribution in [1.29, 1.82) is 0 Å². The van der Waals surface area contributed by atoms with Gasteiger partial charge in [-0.15, -0.1) is 0 Å². The summed E-state index contributed by atoms with van der Waals surface area (Å²) in [5.74, 6) is 0.615. The summed E-state index contributed by atoms with van der Waals surface area (Å²) in [6.07, 6.45) is 0.569. The molecule has 0 aliphatic heterocycles. The predicted molar refractivity (Wildman–Crippen MR) is 95.3 cm³/mol. The van der Waals surface area contributed by atoms with Gasteiger partial charge in [-0.1, -0.05) is 31.5 Å². The molecule has 2 atom stereocenters. The average Bonchev–Trinajstić information content (AvgIpc) is 2.53. The van der Waals surface area contributed by atoms with Crippen molar-refractivity contribution in [2.24, 2.45) is 11.1 Å². The first kappa shape index (κ1) is 19.0. The highest BCUT2D eigenvalue weighted by molar-refractivity contribution is 6.30. The van der Waals surface area contributed by atoms with E-state index < -0.39 is 5.54 Å². The van der Waals surface area contributed by atoms with Crippen molar-refractivity contribution in [2.75, 3.05) is 26.8 Å². The van der Waals surface area contributed by atoms with Gasteiger partial charge in [-0.25, -0.2) is 0 Å². The molecule has 134 valence electrons. The molecule has 2 N–H and O–H groups in total. The number of nitrogens with zero attached hydrogens (tertiary/aromatic N) is 1. The van der Waals surface area contributed by atoms with Crippen LogP contribution in [-0.4, -0.2) is 49.3 Å². The molecule has 24 heavy (non-hydrogen) atoms. The number of rotatable bonds is 7. The third kappa shape index (κ3) is 3.53. The second kappa shape index (κ2) is 7.30. The molecule has 5 nitrogen and oxygen atoms in total. The van der Waals surface area contributed by atoms with Crippen LogP contribution < -0.4 is 10.5 Å². The maximum absolute atomic E-state index is 12.8. The first-order valence-electron chi connectivity index (χ1n) is 8.26. The van der Waals surface area contributed by atoms with Crippen LogP contribution in [0, 0.1) is 5.41 Å². The van der Waals surface area contributed by atoms with Crippen LogP contribution in [0.5, 0.6) is 5.75 Å². The standard InChI is InChI=1S/C18H27ClN2O3/c1-5-23-15-12-18(20,17(15,2)3)16(22)21(4)9-10-24-14-8-6-7-13(19)11-14/h6-8,11,15H,5,9-10,12,20H2,1-4H3. The summed E-state index contributed by atoms with van der Waals surface area (Å²) in [5, 5.41) is 0.621. The monoisotopic (exact) mass is 354 g/mol. The van der Waals surface area contributed by atoms with Crippen molar-refractivity contribution >= 4 is 17.5 Å². The zero-order chi connectivity index (χ0) is 18.0. The Hall–Kier alpha value is -1.30.